The summed E-state index contributed by atoms with van der Waals surface area (Å²) in [7, 11) is 0. The molecule has 1 heterocycles. The minimum Gasteiger partial charge on any atom is -0.478 e. The van der Waals surface area contributed by atoms with Gasteiger partial charge in [-0.2, -0.15) is 5.10 Å². The smallest absolute Gasteiger partial charge is 0.339 e. The molecule has 4 nitrogen and oxygen atoms in total. The Bertz CT molecular complexity index is 662. The van der Waals surface area contributed by atoms with E-state index in [0.29, 0.717) is 28.4 Å². The fraction of sp³-hybridized carbons (Fsp3) is 0.375. The Kier molecular flexibility index (Phi) is 4.68. The van der Waals surface area contributed by atoms with E-state index in [-0.39, 0.29) is 5.92 Å². The number of carboxylic acid groups (broad SMARTS) is 1. The summed E-state index contributed by atoms with van der Waals surface area (Å²) in [6, 6.07) is 7.30. The highest BCUT2D eigenvalue weighted by atomic mass is 35.5. The van der Waals surface area contributed by atoms with Crippen LogP contribution in [-0.4, -0.2) is 20.9 Å². The first-order valence-electron chi connectivity index (χ1n) is 7.06. The molecule has 112 valence electrons. The first-order chi connectivity index (χ1) is 9.95. The fourth-order valence-corrected chi connectivity index (χ4v) is 2.65. The lowest BCUT2D eigenvalue weighted by Gasteiger charge is -2.11. The Morgan fingerprint density at radius 1 is 1.43 bits per heavy atom. The molecule has 0 saturated heterocycles. The highest BCUT2D eigenvalue weighted by Crippen LogP contribution is 2.27. The van der Waals surface area contributed by atoms with Gasteiger partial charge in [-0.15, -0.1) is 0 Å². The molecule has 0 saturated carbocycles. The summed E-state index contributed by atoms with van der Waals surface area (Å²) in [5, 5.41) is 14.7. The molecule has 2 rings (SSSR count). The van der Waals surface area contributed by atoms with Crippen molar-refractivity contribution in [2.75, 3.05) is 0 Å². The van der Waals surface area contributed by atoms with Crippen LogP contribution >= 0.6 is 11.6 Å². The van der Waals surface area contributed by atoms with Crippen LogP contribution in [0, 0.1) is 0 Å². The number of carbonyl (C=O) groups is 1. The van der Waals surface area contributed by atoms with Gasteiger partial charge in [-0.25, -0.2) is 9.48 Å². The Balaban J connectivity index is 2.70. The van der Waals surface area contributed by atoms with Gasteiger partial charge in [0.05, 0.1) is 17.1 Å². The molecule has 0 bridgehead atoms. The molecule has 0 spiro atoms. The van der Waals surface area contributed by atoms with Crippen LogP contribution in [-0.2, 0) is 6.42 Å². The third kappa shape index (κ3) is 3.10. The molecular weight excluding hydrogens is 288 g/mol. The van der Waals surface area contributed by atoms with Crippen LogP contribution in [0.5, 0.6) is 0 Å². The molecule has 1 aromatic carbocycles. The first-order valence-corrected chi connectivity index (χ1v) is 7.44. The number of aromatic carboxylic acids is 1. The van der Waals surface area contributed by atoms with E-state index in [1.165, 1.54) is 0 Å². The Hall–Kier alpha value is -1.81. The first kappa shape index (κ1) is 15.6. The monoisotopic (exact) mass is 306 g/mol. The Labute approximate surface area is 129 Å². The molecule has 5 heteroatoms. The predicted octanol–water partition coefficient (Wildman–Crippen LogP) is 4.30. The minimum absolute atomic E-state index is 0.0492. The van der Waals surface area contributed by atoms with E-state index < -0.39 is 5.97 Å². The van der Waals surface area contributed by atoms with Gasteiger partial charge in [0.15, 0.2) is 0 Å². The van der Waals surface area contributed by atoms with Gasteiger partial charge in [0, 0.05) is 5.02 Å². The van der Waals surface area contributed by atoms with Crippen molar-refractivity contribution < 1.29 is 9.90 Å². The summed E-state index contributed by atoms with van der Waals surface area (Å²) >= 11 is 6.04. The zero-order chi connectivity index (χ0) is 15.6. The Morgan fingerprint density at radius 2 is 2.14 bits per heavy atom. The molecule has 21 heavy (non-hydrogen) atoms. The van der Waals surface area contributed by atoms with Gasteiger partial charge < -0.3 is 5.11 Å². The lowest BCUT2D eigenvalue weighted by atomic mass is 10.0. The fourth-order valence-electron chi connectivity index (χ4n) is 2.46. The topological polar surface area (TPSA) is 55.1 Å². The second kappa shape index (κ2) is 6.31. The minimum atomic E-state index is -0.921. The van der Waals surface area contributed by atoms with Crippen molar-refractivity contribution in [1.82, 2.24) is 9.78 Å². The number of rotatable bonds is 5. The molecule has 1 aromatic heterocycles. The molecule has 0 amide bonds. The molecule has 0 fully saturated rings. The van der Waals surface area contributed by atoms with Crippen molar-refractivity contribution in [1.29, 1.82) is 0 Å². The molecular formula is C16H19ClN2O2. The number of aryl methyl sites for hydroxylation is 1. The molecule has 0 radical (unpaired) electrons. The third-order valence-corrected chi connectivity index (χ3v) is 3.53. The maximum Gasteiger partial charge on any atom is 0.339 e. The molecule has 2 aromatic rings. The molecule has 1 N–H and O–H groups in total. The number of aromatic nitrogens is 2. The van der Waals surface area contributed by atoms with E-state index in [0.717, 1.165) is 12.1 Å². The SMILES string of the molecule is CCCc1nn(-c2cccc(Cl)c2)c(C(C)C)c1C(=O)O. The second-order valence-electron chi connectivity index (χ2n) is 5.31. The summed E-state index contributed by atoms with van der Waals surface area (Å²) in [6.07, 6.45) is 1.50. The van der Waals surface area contributed by atoms with Crippen molar-refractivity contribution in [2.45, 2.75) is 39.5 Å². The van der Waals surface area contributed by atoms with E-state index in [1.54, 1.807) is 16.8 Å². The zero-order valence-electron chi connectivity index (χ0n) is 12.4. The van der Waals surface area contributed by atoms with Gasteiger partial charge in [0.1, 0.15) is 5.56 Å². The maximum absolute atomic E-state index is 11.7. The summed E-state index contributed by atoms with van der Waals surface area (Å²) in [6.45, 7) is 5.96. The van der Waals surface area contributed by atoms with Gasteiger partial charge in [0.2, 0.25) is 0 Å². The molecule has 0 atom stereocenters. The standard InChI is InChI=1S/C16H19ClN2O2/c1-4-6-13-14(16(20)21)15(10(2)3)19(18-13)12-8-5-7-11(17)9-12/h5,7-10H,4,6H2,1-3H3,(H,20,21). The van der Waals surface area contributed by atoms with E-state index in [9.17, 15) is 9.90 Å². The van der Waals surface area contributed by atoms with Crippen LogP contribution in [0.1, 0.15) is 54.9 Å². The number of benzene rings is 1. The van der Waals surface area contributed by atoms with Gasteiger partial charge in [-0.3, -0.25) is 0 Å². The molecule has 0 unspecified atom stereocenters. The molecule has 0 aliphatic carbocycles. The zero-order valence-corrected chi connectivity index (χ0v) is 13.2. The summed E-state index contributed by atoms with van der Waals surface area (Å²) in [4.78, 5) is 11.7. The van der Waals surface area contributed by atoms with Crippen molar-refractivity contribution in [3.63, 3.8) is 0 Å². The van der Waals surface area contributed by atoms with Gasteiger partial charge in [-0.1, -0.05) is 44.9 Å². The van der Waals surface area contributed by atoms with Crippen LogP contribution in [0.4, 0.5) is 0 Å². The molecule has 0 aliphatic rings. The van der Waals surface area contributed by atoms with Crippen LogP contribution in [0.15, 0.2) is 24.3 Å². The number of hydrogen-bond acceptors (Lipinski definition) is 2. The Morgan fingerprint density at radius 3 is 2.67 bits per heavy atom. The number of hydrogen-bond donors (Lipinski definition) is 1. The normalized spacial score (nSPS) is 11.1. The van der Waals surface area contributed by atoms with Gasteiger partial charge in [0.25, 0.3) is 0 Å². The van der Waals surface area contributed by atoms with E-state index >= 15 is 0 Å². The van der Waals surface area contributed by atoms with Crippen LogP contribution in [0.2, 0.25) is 5.02 Å². The van der Waals surface area contributed by atoms with E-state index in [2.05, 4.69) is 5.10 Å². The predicted molar refractivity (Wildman–Crippen MR) is 83.6 cm³/mol. The van der Waals surface area contributed by atoms with Crippen molar-refractivity contribution in [3.05, 3.63) is 46.2 Å². The van der Waals surface area contributed by atoms with Gasteiger partial charge in [-0.05, 0) is 30.5 Å². The molecule has 0 aliphatic heterocycles. The highest BCUT2D eigenvalue weighted by molar-refractivity contribution is 6.30. The van der Waals surface area contributed by atoms with Crippen LogP contribution in [0.3, 0.4) is 0 Å². The average molecular weight is 307 g/mol. The summed E-state index contributed by atoms with van der Waals surface area (Å²) in [5.74, 6) is -0.872. The third-order valence-electron chi connectivity index (χ3n) is 3.29. The average Bonchev–Trinajstić information content (AvgIpc) is 2.79. The lowest BCUT2D eigenvalue weighted by Crippen LogP contribution is -2.08. The highest BCUT2D eigenvalue weighted by Gasteiger charge is 2.25. The quantitative estimate of drug-likeness (QED) is 0.896. The lowest BCUT2D eigenvalue weighted by molar-refractivity contribution is 0.0694. The number of carboxylic acids is 1. The van der Waals surface area contributed by atoms with E-state index in [4.69, 9.17) is 11.6 Å². The summed E-state index contributed by atoms with van der Waals surface area (Å²) in [5.41, 5.74) is 2.46. The van der Waals surface area contributed by atoms with Crippen LogP contribution in [0.25, 0.3) is 5.69 Å². The van der Waals surface area contributed by atoms with E-state index in [1.807, 2.05) is 32.9 Å². The largest absolute Gasteiger partial charge is 0.478 e. The van der Waals surface area contributed by atoms with Crippen molar-refractivity contribution >= 4 is 17.6 Å². The number of halogens is 1. The van der Waals surface area contributed by atoms with Crippen molar-refractivity contribution in [2.24, 2.45) is 0 Å². The summed E-state index contributed by atoms with van der Waals surface area (Å²) < 4.78 is 1.71. The van der Waals surface area contributed by atoms with Crippen molar-refractivity contribution in [3.8, 4) is 5.69 Å². The number of nitrogens with zero attached hydrogens (tertiary/aromatic N) is 2. The maximum atomic E-state index is 11.7. The van der Waals surface area contributed by atoms with Gasteiger partial charge >= 0.3 is 5.97 Å². The second-order valence-corrected chi connectivity index (χ2v) is 5.74. The van der Waals surface area contributed by atoms with Crippen LogP contribution < -0.4 is 0 Å².